The molecular formula is C19H20N6O. The highest BCUT2D eigenvalue weighted by molar-refractivity contribution is 6.01. The Balaban J connectivity index is 1.48. The summed E-state index contributed by atoms with van der Waals surface area (Å²) in [7, 11) is 0. The number of carbonyl (C=O) groups is 1. The van der Waals surface area contributed by atoms with Crippen LogP contribution in [0.4, 0.5) is 5.69 Å². The summed E-state index contributed by atoms with van der Waals surface area (Å²) in [6.45, 7) is 3.51. The molecule has 1 aromatic rings. The summed E-state index contributed by atoms with van der Waals surface area (Å²) < 4.78 is 0. The van der Waals surface area contributed by atoms with Gasteiger partial charge in [0.2, 0.25) is 5.91 Å². The van der Waals surface area contributed by atoms with Crippen LogP contribution in [0.15, 0.2) is 53.2 Å². The van der Waals surface area contributed by atoms with Crippen LogP contribution in [-0.2, 0) is 4.79 Å². The topological polar surface area (TPSA) is 81.1 Å². The van der Waals surface area contributed by atoms with Crippen molar-refractivity contribution in [1.82, 2.24) is 15.6 Å². The maximum atomic E-state index is 11.8. The predicted molar refractivity (Wildman–Crippen MR) is 101 cm³/mol. The molecule has 0 spiro atoms. The van der Waals surface area contributed by atoms with Crippen molar-refractivity contribution < 1.29 is 4.79 Å². The first kappa shape index (κ1) is 15.2. The van der Waals surface area contributed by atoms with Crippen LogP contribution in [0.25, 0.3) is 5.70 Å². The standard InChI is InChI=1S/C19H20N6O/c1-2-16(26)23-14-6-4-3-5-13(14)15-10-20-17(18-21-11-22-25(15)18)24-19-7-12(8-19)9-19/h2-6,10-12,18H,1,7-9H2,(H,20,24)(H,21,22)(H,23,26). The third kappa shape index (κ3) is 2.23. The number of nitrogens with one attached hydrogen (secondary N) is 3. The molecule has 1 amide bonds. The lowest BCUT2D eigenvalue weighted by Gasteiger charge is -2.62. The van der Waals surface area contributed by atoms with Gasteiger partial charge in [0.05, 0.1) is 17.6 Å². The molecule has 7 nitrogen and oxygen atoms in total. The summed E-state index contributed by atoms with van der Waals surface area (Å²) in [5.41, 5.74) is 2.65. The second-order valence-corrected chi connectivity index (χ2v) is 7.31. The van der Waals surface area contributed by atoms with Crippen LogP contribution in [0, 0.1) is 5.92 Å². The van der Waals surface area contributed by atoms with Crippen LogP contribution in [0.5, 0.6) is 0 Å². The summed E-state index contributed by atoms with van der Waals surface area (Å²) in [4.78, 5) is 16.4. The zero-order chi connectivity index (χ0) is 17.7. The molecule has 1 aromatic carbocycles. The number of aliphatic imine (C=N–C) groups is 1. The van der Waals surface area contributed by atoms with E-state index in [1.165, 1.54) is 25.3 Å². The number of amides is 1. The molecule has 1 unspecified atom stereocenters. The quantitative estimate of drug-likeness (QED) is 0.725. The number of benzene rings is 1. The van der Waals surface area contributed by atoms with Gasteiger partial charge in [0.15, 0.2) is 6.17 Å². The highest BCUT2D eigenvalue weighted by atomic mass is 16.1. The second-order valence-electron chi connectivity index (χ2n) is 7.31. The van der Waals surface area contributed by atoms with Crippen LogP contribution in [0.3, 0.4) is 0 Å². The zero-order valence-corrected chi connectivity index (χ0v) is 14.3. The number of hydrazone groups is 1. The summed E-state index contributed by atoms with van der Waals surface area (Å²) in [5, 5.41) is 16.1. The van der Waals surface area contributed by atoms with Crippen molar-refractivity contribution in [2.75, 3.05) is 5.32 Å². The molecule has 3 N–H and O–H groups in total. The van der Waals surface area contributed by atoms with Crippen LogP contribution >= 0.6 is 0 Å². The van der Waals surface area contributed by atoms with E-state index in [0.717, 1.165) is 23.0 Å². The lowest BCUT2D eigenvalue weighted by Crippen LogP contribution is -2.70. The van der Waals surface area contributed by atoms with Gasteiger partial charge in [-0.25, -0.2) is 10.0 Å². The molecule has 132 valence electrons. The van der Waals surface area contributed by atoms with Crippen LogP contribution in [0.1, 0.15) is 24.8 Å². The molecule has 0 radical (unpaired) electrons. The molecule has 26 heavy (non-hydrogen) atoms. The lowest BCUT2D eigenvalue weighted by molar-refractivity contribution is -0.111. The van der Waals surface area contributed by atoms with Gasteiger partial charge in [-0.2, -0.15) is 5.10 Å². The van der Waals surface area contributed by atoms with E-state index in [1.807, 2.05) is 35.5 Å². The average molecular weight is 348 g/mol. The number of rotatable bonds is 4. The molecule has 3 fully saturated rings. The highest BCUT2D eigenvalue weighted by Crippen LogP contribution is 2.57. The molecule has 0 aromatic heterocycles. The fraction of sp³-hybridized carbons (Fsp3) is 0.316. The molecule has 6 rings (SSSR count). The minimum absolute atomic E-state index is 0.146. The number of nitrogens with zero attached hydrogens (tertiary/aromatic N) is 3. The SMILES string of the molecule is C=CC(=O)Nc1ccccc1C1=CN=C(NC23CC(C2)C3)C2NC=NN12. The van der Waals surface area contributed by atoms with E-state index in [0.29, 0.717) is 5.69 Å². The number of amidine groups is 1. The van der Waals surface area contributed by atoms with Gasteiger partial charge in [-0.1, -0.05) is 24.8 Å². The Morgan fingerprint density at radius 3 is 2.88 bits per heavy atom. The maximum Gasteiger partial charge on any atom is 0.247 e. The summed E-state index contributed by atoms with van der Waals surface area (Å²) in [6.07, 6.45) is 8.34. The minimum atomic E-state index is -0.247. The van der Waals surface area contributed by atoms with E-state index in [9.17, 15) is 4.79 Å². The monoisotopic (exact) mass is 348 g/mol. The smallest absolute Gasteiger partial charge is 0.247 e. The molecule has 2 heterocycles. The molecule has 7 heteroatoms. The molecule has 3 saturated carbocycles. The van der Waals surface area contributed by atoms with Crippen molar-refractivity contribution in [1.29, 1.82) is 0 Å². The van der Waals surface area contributed by atoms with Gasteiger partial charge in [-0.3, -0.25) is 4.79 Å². The maximum absolute atomic E-state index is 11.8. The van der Waals surface area contributed by atoms with Crippen molar-refractivity contribution in [3.8, 4) is 0 Å². The van der Waals surface area contributed by atoms with Crippen molar-refractivity contribution in [3.05, 3.63) is 48.7 Å². The number of hydrogen-bond donors (Lipinski definition) is 3. The van der Waals surface area contributed by atoms with Gasteiger partial charge in [0.1, 0.15) is 12.2 Å². The van der Waals surface area contributed by atoms with Crippen molar-refractivity contribution in [3.63, 3.8) is 0 Å². The lowest BCUT2D eigenvalue weighted by atomic mass is 9.50. The Morgan fingerprint density at radius 2 is 2.15 bits per heavy atom. The molecule has 3 aliphatic carbocycles. The Bertz CT molecular complexity index is 869. The molecule has 0 saturated heterocycles. The van der Waals surface area contributed by atoms with E-state index in [-0.39, 0.29) is 17.6 Å². The van der Waals surface area contributed by atoms with Crippen molar-refractivity contribution in [2.24, 2.45) is 16.0 Å². The number of hydrogen-bond acceptors (Lipinski definition) is 6. The van der Waals surface area contributed by atoms with Gasteiger partial charge < -0.3 is 16.0 Å². The summed E-state index contributed by atoms with van der Waals surface area (Å²) >= 11 is 0. The third-order valence-corrected chi connectivity index (χ3v) is 5.57. The largest absolute Gasteiger partial charge is 0.365 e. The van der Waals surface area contributed by atoms with Crippen LogP contribution < -0.4 is 16.0 Å². The number of para-hydroxylation sites is 1. The van der Waals surface area contributed by atoms with Gasteiger partial charge in [-0.05, 0) is 37.3 Å². The highest BCUT2D eigenvalue weighted by Gasteiger charge is 2.57. The number of fused-ring (bicyclic) bond motifs is 1. The van der Waals surface area contributed by atoms with E-state index >= 15 is 0 Å². The van der Waals surface area contributed by atoms with Crippen molar-refractivity contribution in [2.45, 2.75) is 31.0 Å². The molecular weight excluding hydrogens is 328 g/mol. The Morgan fingerprint density at radius 1 is 1.35 bits per heavy atom. The van der Waals surface area contributed by atoms with E-state index < -0.39 is 0 Å². The Labute approximate surface area is 151 Å². The van der Waals surface area contributed by atoms with Crippen molar-refractivity contribution >= 4 is 29.5 Å². The third-order valence-electron chi connectivity index (χ3n) is 5.57. The van der Waals surface area contributed by atoms with Crippen LogP contribution in [-0.4, -0.2) is 34.8 Å². The van der Waals surface area contributed by atoms with Crippen LogP contribution in [0.2, 0.25) is 0 Å². The normalized spacial score (nSPS) is 30.1. The first-order valence-corrected chi connectivity index (χ1v) is 8.84. The minimum Gasteiger partial charge on any atom is -0.365 e. The Kier molecular flexibility index (Phi) is 3.19. The fourth-order valence-electron chi connectivity index (χ4n) is 4.16. The fourth-order valence-corrected chi connectivity index (χ4v) is 4.16. The predicted octanol–water partition coefficient (Wildman–Crippen LogP) is 1.84. The van der Waals surface area contributed by atoms with Gasteiger partial charge in [0, 0.05) is 11.1 Å². The number of carbonyl (C=O) groups excluding carboxylic acids is 1. The average Bonchev–Trinajstić information content (AvgIpc) is 3.07. The van der Waals surface area contributed by atoms with Gasteiger partial charge >= 0.3 is 0 Å². The van der Waals surface area contributed by atoms with E-state index in [2.05, 4.69) is 32.6 Å². The molecule has 2 bridgehead atoms. The van der Waals surface area contributed by atoms with E-state index in [4.69, 9.17) is 0 Å². The number of anilines is 1. The zero-order valence-electron chi connectivity index (χ0n) is 14.3. The van der Waals surface area contributed by atoms with E-state index in [1.54, 1.807) is 6.34 Å². The Hall–Kier alpha value is -3.09. The summed E-state index contributed by atoms with van der Waals surface area (Å²) in [5.74, 6) is 1.56. The first-order chi connectivity index (χ1) is 12.7. The molecule has 2 aliphatic heterocycles. The van der Waals surface area contributed by atoms with Gasteiger partial charge in [-0.15, -0.1) is 0 Å². The molecule has 5 aliphatic rings. The van der Waals surface area contributed by atoms with Gasteiger partial charge in [0.25, 0.3) is 0 Å². The second kappa shape index (κ2) is 5.45. The molecule has 1 atom stereocenters. The summed E-state index contributed by atoms with van der Waals surface area (Å²) in [6, 6.07) is 7.62. The first-order valence-electron chi connectivity index (χ1n) is 8.84.